The summed E-state index contributed by atoms with van der Waals surface area (Å²) in [5.74, 6) is -0.232. The van der Waals surface area contributed by atoms with Gasteiger partial charge in [0.1, 0.15) is 0 Å². The summed E-state index contributed by atoms with van der Waals surface area (Å²) in [4.78, 5) is 12.6. The largest absolute Gasteiger partial charge is 0.289 e. The zero-order valence-electron chi connectivity index (χ0n) is 15.3. The smallest absolute Gasteiger partial charge is 0.243 e. The molecule has 0 spiro atoms. The number of halogens is 2. The molecule has 0 N–H and O–H groups in total. The molecule has 0 unspecified atom stereocenters. The second-order valence-electron chi connectivity index (χ2n) is 6.71. The van der Waals surface area contributed by atoms with E-state index >= 15 is 0 Å². The van der Waals surface area contributed by atoms with Crippen LogP contribution in [0.25, 0.3) is 6.08 Å². The third-order valence-electron chi connectivity index (χ3n) is 4.72. The predicted octanol–water partition coefficient (Wildman–Crippen LogP) is 5.45. The molecule has 2 aromatic carbocycles. The molecule has 28 heavy (non-hydrogen) atoms. The molecular formula is C21H21Cl2NO3S. The highest BCUT2D eigenvalue weighted by molar-refractivity contribution is 7.89. The molecule has 7 heteroatoms. The Kier molecular flexibility index (Phi) is 6.94. The number of hydrogen-bond acceptors (Lipinski definition) is 3. The summed E-state index contributed by atoms with van der Waals surface area (Å²) in [7, 11) is -3.52. The Balaban J connectivity index is 1.74. The second kappa shape index (κ2) is 9.23. The lowest BCUT2D eigenvalue weighted by atomic mass is 10.1. The van der Waals surface area contributed by atoms with Crippen molar-refractivity contribution in [2.75, 3.05) is 13.1 Å². The van der Waals surface area contributed by atoms with Crippen molar-refractivity contribution in [1.82, 2.24) is 4.31 Å². The van der Waals surface area contributed by atoms with Crippen LogP contribution >= 0.6 is 23.2 Å². The van der Waals surface area contributed by atoms with Crippen LogP contribution in [0, 0.1) is 0 Å². The van der Waals surface area contributed by atoms with E-state index in [-0.39, 0.29) is 10.7 Å². The first-order valence-electron chi connectivity index (χ1n) is 9.15. The molecule has 0 aromatic heterocycles. The van der Waals surface area contributed by atoms with Crippen molar-refractivity contribution >= 4 is 45.1 Å². The average molecular weight is 438 g/mol. The van der Waals surface area contributed by atoms with Crippen LogP contribution in [0.15, 0.2) is 53.4 Å². The molecule has 0 radical (unpaired) electrons. The molecule has 0 bridgehead atoms. The van der Waals surface area contributed by atoms with E-state index < -0.39 is 10.0 Å². The van der Waals surface area contributed by atoms with Crippen molar-refractivity contribution in [3.8, 4) is 0 Å². The van der Waals surface area contributed by atoms with E-state index in [4.69, 9.17) is 23.2 Å². The van der Waals surface area contributed by atoms with Crippen LogP contribution in [-0.2, 0) is 10.0 Å². The molecule has 1 aliphatic rings. The third-order valence-corrected chi connectivity index (χ3v) is 7.19. The van der Waals surface area contributed by atoms with Crippen LogP contribution in [0.5, 0.6) is 0 Å². The summed E-state index contributed by atoms with van der Waals surface area (Å²) in [6.07, 6.45) is 6.91. The van der Waals surface area contributed by atoms with Gasteiger partial charge in [-0.3, -0.25) is 4.79 Å². The summed E-state index contributed by atoms with van der Waals surface area (Å²) in [6.45, 7) is 1.10. The van der Waals surface area contributed by atoms with E-state index in [2.05, 4.69) is 0 Å². The predicted molar refractivity (Wildman–Crippen MR) is 113 cm³/mol. The zero-order chi connectivity index (χ0) is 20.1. The van der Waals surface area contributed by atoms with Gasteiger partial charge in [-0.25, -0.2) is 8.42 Å². The van der Waals surface area contributed by atoms with Gasteiger partial charge in [-0.15, -0.1) is 0 Å². The number of ketones is 1. The maximum Gasteiger partial charge on any atom is 0.243 e. The number of sulfonamides is 1. The van der Waals surface area contributed by atoms with E-state index in [1.165, 1.54) is 18.2 Å². The van der Waals surface area contributed by atoms with Gasteiger partial charge in [0.25, 0.3) is 0 Å². The Morgan fingerprint density at radius 2 is 1.57 bits per heavy atom. The van der Waals surface area contributed by atoms with E-state index in [9.17, 15) is 13.2 Å². The van der Waals surface area contributed by atoms with Crippen LogP contribution < -0.4 is 0 Å². The maximum absolute atomic E-state index is 12.8. The molecule has 0 atom stereocenters. The van der Waals surface area contributed by atoms with Crippen molar-refractivity contribution in [1.29, 1.82) is 0 Å². The summed E-state index contributed by atoms with van der Waals surface area (Å²) >= 11 is 12.0. The number of nitrogens with zero attached hydrogens (tertiary/aromatic N) is 1. The van der Waals surface area contributed by atoms with Gasteiger partial charge in [0.15, 0.2) is 5.78 Å². The van der Waals surface area contributed by atoms with E-state index in [1.807, 2.05) is 0 Å². The highest BCUT2D eigenvalue weighted by Gasteiger charge is 2.25. The number of carbonyl (C=O) groups is 1. The highest BCUT2D eigenvalue weighted by atomic mass is 35.5. The Morgan fingerprint density at radius 1 is 0.929 bits per heavy atom. The molecule has 4 nitrogen and oxygen atoms in total. The summed E-state index contributed by atoms with van der Waals surface area (Å²) < 4.78 is 27.1. The first kappa shape index (κ1) is 21.1. The average Bonchev–Trinajstić information content (AvgIpc) is 2.97. The quantitative estimate of drug-likeness (QED) is 0.461. The minimum absolute atomic E-state index is 0.218. The van der Waals surface area contributed by atoms with Gasteiger partial charge in [0.2, 0.25) is 10.0 Å². The molecule has 1 heterocycles. The minimum atomic E-state index is -3.52. The van der Waals surface area contributed by atoms with Gasteiger partial charge in [0.05, 0.1) is 4.90 Å². The fraction of sp³-hybridized carbons (Fsp3) is 0.286. The Morgan fingerprint density at radius 3 is 2.18 bits per heavy atom. The molecular weight excluding hydrogens is 417 g/mol. The number of carbonyl (C=O) groups excluding carboxylic acids is 1. The fourth-order valence-corrected chi connectivity index (χ4v) is 5.11. The molecule has 1 saturated heterocycles. The maximum atomic E-state index is 12.8. The first-order chi connectivity index (χ1) is 13.4. The van der Waals surface area contributed by atoms with E-state index in [1.54, 1.807) is 40.7 Å². The molecule has 1 aliphatic heterocycles. The molecule has 1 fully saturated rings. The van der Waals surface area contributed by atoms with Crippen molar-refractivity contribution in [2.45, 2.75) is 30.6 Å². The number of rotatable bonds is 5. The monoisotopic (exact) mass is 437 g/mol. The van der Waals surface area contributed by atoms with Crippen LogP contribution in [0.2, 0.25) is 10.0 Å². The molecule has 3 rings (SSSR count). The summed E-state index contributed by atoms with van der Waals surface area (Å²) in [5, 5.41) is 0.977. The van der Waals surface area contributed by atoms with Gasteiger partial charge in [-0.1, -0.05) is 42.1 Å². The highest BCUT2D eigenvalue weighted by Crippen LogP contribution is 2.23. The van der Waals surface area contributed by atoms with Crippen LogP contribution in [0.4, 0.5) is 0 Å². The number of benzene rings is 2. The topological polar surface area (TPSA) is 54.5 Å². The lowest BCUT2D eigenvalue weighted by Gasteiger charge is -2.19. The van der Waals surface area contributed by atoms with E-state index in [0.29, 0.717) is 34.3 Å². The van der Waals surface area contributed by atoms with Crippen LogP contribution in [-0.4, -0.2) is 31.6 Å². The zero-order valence-corrected chi connectivity index (χ0v) is 17.6. The molecule has 148 valence electrons. The Labute approximate surface area is 175 Å². The van der Waals surface area contributed by atoms with E-state index in [0.717, 1.165) is 25.7 Å². The van der Waals surface area contributed by atoms with Crippen LogP contribution in [0.3, 0.4) is 0 Å². The summed E-state index contributed by atoms with van der Waals surface area (Å²) in [6, 6.07) is 11.1. The lowest BCUT2D eigenvalue weighted by Crippen LogP contribution is -2.31. The third kappa shape index (κ3) is 5.03. The normalized spacial score (nSPS) is 16.2. The van der Waals surface area contributed by atoms with Gasteiger partial charge < -0.3 is 0 Å². The molecule has 0 amide bonds. The molecule has 0 aliphatic carbocycles. The summed E-state index contributed by atoms with van der Waals surface area (Å²) in [5.41, 5.74) is 1.09. The Hall–Kier alpha value is -1.66. The standard InChI is InChI=1S/C21H21Cl2NO3S/c22-18-9-5-16(20(23)15-18)8-12-21(25)17-6-10-19(11-7-17)28(26,27)24-13-3-1-2-4-14-24/h5-12,15H,1-4,13-14H2. The van der Waals surface area contributed by atoms with Crippen molar-refractivity contribution < 1.29 is 13.2 Å². The number of hydrogen-bond donors (Lipinski definition) is 0. The van der Waals surface area contributed by atoms with Crippen molar-refractivity contribution in [3.63, 3.8) is 0 Å². The SMILES string of the molecule is O=C(C=Cc1ccc(Cl)cc1Cl)c1ccc(S(=O)(=O)N2CCCCCC2)cc1. The number of allylic oxidation sites excluding steroid dienone is 1. The minimum Gasteiger partial charge on any atom is -0.289 e. The van der Waals surface area contributed by atoms with Crippen molar-refractivity contribution in [2.24, 2.45) is 0 Å². The van der Waals surface area contributed by atoms with Crippen LogP contribution in [0.1, 0.15) is 41.6 Å². The second-order valence-corrected chi connectivity index (χ2v) is 9.49. The van der Waals surface area contributed by atoms with Gasteiger partial charge in [-0.05, 0) is 67.0 Å². The van der Waals surface area contributed by atoms with Crippen molar-refractivity contribution in [3.05, 3.63) is 69.7 Å². The Bertz CT molecular complexity index is 977. The molecule has 2 aromatic rings. The molecule has 0 saturated carbocycles. The van der Waals surface area contributed by atoms with Gasteiger partial charge in [-0.2, -0.15) is 4.31 Å². The fourth-order valence-electron chi connectivity index (χ4n) is 3.12. The van der Waals surface area contributed by atoms with Gasteiger partial charge in [0, 0.05) is 28.7 Å². The lowest BCUT2D eigenvalue weighted by molar-refractivity contribution is 0.104. The van der Waals surface area contributed by atoms with Gasteiger partial charge >= 0.3 is 0 Å². The first-order valence-corrected chi connectivity index (χ1v) is 11.4.